The van der Waals surface area contributed by atoms with Crippen molar-refractivity contribution in [2.24, 2.45) is 5.92 Å². The Kier molecular flexibility index (Phi) is 5.58. The molecule has 0 unspecified atom stereocenters. The van der Waals surface area contributed by atoms with E-state index < -0.39 is 5.54 Å². The van der Waals surface area contributed by atoms with E-state index in [9.17, 15) is 10.1 Å². The average Bonchev–Trinajstić information content (AvgIpc) is 2.99. The van der Waals surface area contributed by atoms with Crippen molar-refractivity contribution in [2.45, 2.75) is 33.2 Å². The van der Waals surface area contributed by atoms with Crippen LogP contribution in [0.2, 0.25) is 0 Å². The lowest BCUT2D eigenvalue weighted by molar-refractivity contribution is -0.124. The highest BCUT2D eigenvalue weighted by atomic mass is 32.1. The Labute approximate surface area is 146 Å². The zero-order chi connectivity index (χ0) is 17.7. The molecule has 2 rings (SSSR count). The molecule has 0 saturated heterocycles. The summed E-state index contributed by atoms with van der Waals surface area (Å²) in [5, 5.41) is 14.9. The number of amides is 1. The summed E-state index contributed by atoms with van der Waals surface area (Å²) in [5.41, 5.74) is 1.12. The molecular formula is C18H21N3O2S. The summed E-state index contributed by atoms with van der Waals surface area (Å²) in [5.74, 6) is 0.297. The van der Waals surface area contributed by atoms with Crippen molar-refractivity contribution < 1.29 is 9.53 Å². The molecule has 1 N–H and O–H groups in total. The van der Waals surface area contributed by atoms with Crippen LogP contribution in [0.15, 0.2) is 29.6 Å². The summed E-state index contributed by atoms with van der Waals surface area (Å²) < 4.78 is 5.50. The molecule has 0 fully saturated rings. The van der Waals surface area contributed by atoms with E-state index in [1.165, 1.54) is 0 Å². The molecule has 6 heteroatoms. The lowest BCUT2D eigenvalue weighted by Crippen LogP contribution is -2.50. The number of aryl methyl sites for hydroxylation is 1. The number of carbonyl (C=O) groups excluding carboxylic acids is 1. The Morgan fingerprint density at radius 3 is 2.58 bits per heavy atom. The number of hydrogen-bond donors (Lipinski definition) is 1. The van der Waals surface area contributed by atoms with E-state index in [-0.39, 0.29) is 18.4 Å². The summed E-state index contributed by atoms with van der Waals surface area (Å²) in [6.07, 6.45) is 0. The van der Waals surface area contributed by atoms with E-state index in [1.807, 2.05) is 50.4 Å². The molecule has 0 aliphatic heterocycles. The van der Waals surface area contributed by atoms with Gasteiger partial charge in [0.15, 0.2) is 6.61 Å². The Bertz CT molecular complexity index is 746. The van der Waals surface area contributed by atoms with Crippen LogP contribution in [0.25, 0.3) is 10.6 Å². The van der Waals surface area contributed by atoms with Gasteiger partial charge in [-0.25, -0.2) is 4.98 Å². The normalized spacial score (nSPS) is 13.2. The van der Waals surface area contributed by atoms with Gasteiger partial charge in [-0.05, 0) is 44.0 Å². The second-order valence-electron chi connectivity index (χ2n) is 6.12. The Hall–Kier alpha value is -2.39. The topological polar surface area (TPSA) is 75.0 Å². The highest BCUT2D eigenvalue weighted by molar-refractivity contribution is 7.13. The van der Waals surface area contributed by atoms with Gasteiger partial charge < -0.3 is 10.1 Å². The van der Waals surface area contributed by atoms with Crippen LogP contribution in [0.3, 0.4) is 0 Å². The molecule has 1 aromatic carbocycles. The zero-order valence-corrected chi connectivity index (χ0v) is 15.1. The summed E-state index contributed by atoms with van der Waals surface area (Å²) in [6.45, 7) is 7.33. The van der Waals surface area contributed by atoms with Crippen molar-refractivity contribution in [1.29, 1.82) is 5.26 Å². The van der Waals surface area contributed by atoms with E-state index in [1.54, 1.807) is 18.3 Å². The van der Waals surface area contributed by atoms with Gasteiger partial charge >= 0.3 is 0 Å². The number of nitrogens with zero attached hydrogens (tertiary/aromatic N) is 2. The van der Waals surface area contributed by atoms with Gasteiger partial charge in [-0.1, -0.05) is 13.8 Å². The third-order valence-corrected chi connectivity index (χ3v) is 4.89. The van der Waals surface area contributed by atoms with Gasteiger partial charge in [-0.15, -0.1) is 11.3 Å². The maximum absolute atomic E-state index is 12.0. The smallest absolute Gasteiger partial charge is 0.259 e. The molecule has 2 aromatic rings. The first-order valence-corrected chi connectivity index (χ1v) is 8.59. The van der Waals surface area contributed by atoms with E-state index in [4.69, 9.17) is 4.74 Å². The fourth-order valence-corrected chi connectivity index (χ4v) is 2.76. The molecule has 5 nitrogen and oxygen atoms in total. The van der Waals surface area contributed by atoms with E-state index in [0.717, 1.165) is 16.3 Å². The lowest BCUT2D eigenvalue weighted by atomic mass is 9.90. The fraction of sp³-hybridized carbons (Fsp3) is 0.389. The van der Waals surface area contributed by atoms with E-state index in [2.05, 4.69) is 16.4 Å². The molecule has 0 saturated carbocycles. The number of benzene rings is 1. The highest BCUT2D eigenvalue weighted by Gasteiger charge is 2.29. The standard InChI is InChI=1S/C18H21N3O2S/c1-12(2)18(4,11-19)21-16(22)9-23-15-7-5-14(6-8-15)17-20-13(3)10-24-17/h5-8,10,12H,9H2,1-4H3,(H,21,22)/t18-/m0/s1. The number of rotatable bonds is 6. The number of nitrogens with one attached hydrogen (secondary N) is 1. The maximum Gasteiger partial charge on any atom is 0.259 e. The molecule has 0 bridgehead atoms. The monoisotopic (exact) mass is 343 g/mol. The Morgan fingerprint density at radius 1 is 1.42 bits per heavy atom. The summed E-state index contributed by atoms with van der Waals surface area (Å²) in [6, 6.07) is 9.59. The van der Waals surface area contributed by atoms with Crippen LogP contribution in [-0.2, 0) is 4.79 Å². The number of ether oxygens (including phenoxy) is 1. The number of hydrogen-bond acceptors (Lipinski definition) is 5. The number of aromatic nitrogens is 1. The second-order valence-corrected chi connectivity index (χ2v) is 6.98. The summed E-state index contributed by atoms with van der Waals surface area (Å²) >= 11 is 1.59. The van der Waals surface area contributed by atoms with E-state index >= 15 is 0 Å². The minimum absolute atomic E-state index is 0.00693. The third-order valence-electron chi connectivity index (χ3n) is 3.88. The number of carbonyl (C=O) groups is 1. The van der Waals surface area contributed by atoms with Crippen molar-refractivity contribution in [3.8, 4) is 22.4 Å². The fourth-order valence-electron chi connectivity index (χ4n) is 1.96. The SMILES string of the molecule is Cc1csc(-c2ccc(OCC(=O)N[C@@](C)(C#N)C(C)C)cc2)n1. The maximum atomic E-state index is 12.0. The Morgan fingerprint density at radius 2 is 2.08 bits per heavy atom. The molecule has 1 amide bonds. The minimum atomic E-state index is -0.896. The predicted octanol–water partition coefficient (Wildman–Crippen LogP) is 3.55. The predicted molar refractivity (Wildman–Crippen MR) is 94.8 cm³/mol. The molecule has 0 radical (unpaired) electrons. The average molecular weight is 343 g/mol. The summed E-state index contributed by atoms with van der Waals surface area (Å²) in [7, 11) is 0. The van der Waals surface area contributed by atoms with Gasteiger partial charge in [-0.3, -0.25) is 4.79 Å². The zero-order valence-electron chi connectivity index (χ0n) is 14.3. The van der Waals surface area contributed by atoms with Crippen LogP contribution < -0.4 is 10.1 Å². The van der Waals surface area contributed by atoms with Gasteiger partial charge in [0.2, 0.25) is 0 Å². The van der Waals surface area contributed by atoms with Gasteiger partial charge in [0, 0.05) is 16.6 Å². The Balaban J connectivity index is 1.93. The molecule has 0 aliphatic rings. The van der Waals surface area contributed by atoms with Crippen molar-refractivity contribution in [1.82, 2.24) is 10.3 Å². The number of thiazole rings is 1. The van der Waals surface area contributed by atoms with E-state index in [0.29, 0.717) is 5.75 Å². The first-order valence-electron chi connectivity index (χ1n) is 7.71. The third kappa shape index (κ3) is 4.33. The van der Waals surface area contributed by atoms with Crippen LogP contribution in [0, 0.1) is 24.2 Å². The second kappa shape index (κ2) is 7.45. The minimum Gasteiger partial charge on any atom is -0.484 e. The number of nitriles is 1. The molecule has 1 aromatic heterocycles. The molecule has 0 aliphatic carbocycles. The highest BCUT2D eigenvalue weighted by Crippen LogP contribution is 2.25. The van der Waals surface area contributed by atoms with Gasteiger partial charge in [0.05, 0.1) is 6.07 Å². The van der Waals surface area contributed by atoms with Crippen LogP contribution in [0.5, 0.6) is 5.75 Å². The molecule has 0 spiro atoms. The summed E-state index contributed by atoms with van der Waals surface area (Å²) in [4.78, 5) is 16.4. The molecule has 126 valence electrons. The molecule has 1 atom stereocenters. The first kappa shape index (κ1) is 18.0. The van der Waals surface area contributed by atoms with Gasteiger partial charge in [0.25, 0.3) is 5.91 Å². The van der Waals surface area contributed by atoms with Crippen molar-refractivity contribution in [2.75, 3.05) is 6.61 Å². The van der Waals surface area contributed by atoms with Crippen molar-refractivity contribution in [3.05, 3.63) is 35.3 Å². The molecule has 1 heterocycles. The first-order chi connectivity index (χ1) is 11.3. The quantitative estimate of drug-likeness (QED) is 0.870. The van der Waals surface area contributed by atoms with Crippen LogP contribution in [-0.4, -0.2) is 23.0 Å². The van der Waals surface area contributed by atoms with Gasteiger partial charge in [-0.2, -0.15) is 5.26 Å². The largest absolute Gasteiger partial charge is 0.484 e. The lowest BCUT2D eigenvalue weighted by Gasteiger charge is -2.27. The van der Waals surface area contributed by atoms with Gasteiger partial charge in [0.1, 0.15) is 16.3 Å². The van der Waals surface area contributed by atoms with Crippen LogP contribution in [0.4, 0.5) is 0 Å². The van der Waals surface area contributed by atoms with Crippen molar-refractivity contribution in [3.63, 3.8) is 0 Å². The van der Waals surface area contributed by atoms with Crippen molar-refractivity contribution >= 4 is 17.2 Å². The molecular weight excluding hydrogens is 322 g/mol. The van der Waals surface area contributed by atoms with Crippen LogP contribution in [0.1, 0.15) is 26.5 Å². The molecule has 24 heavy (non-hydrogen) atoms. The van der Waals surface area contributed by atoms with Crippen LogP contribution >= 0.6 is 11.3 Å².